The van der Waals surface area contributed by atoms with Gasteiger partial charge in [-0.2, -0.15) is 0 Å². The fraction of sp³-hybridized carbons (Fsp3) is 0.538. The van der Waals surface area contributed by atoms with Crippen LogP contribution in [0.15, 0.2) is 18.2 Å². The van der Waals surface area contributed by atoms with E-state index in [1.807, 2.05) is 44.9 Å². The Balaban J connectivity index is 2.90. The van der Waals surface area contributed by atoms with Gasteiger partial charge in [0, 0.05) is 19.6 Å². The predicted molar refractivity (Wildman–Crippen MR) is 67.4 cm³/mol. The Labute approximate surface area is 97.5 Å². The molecule has 1 aromatic carbocycles. The van der Waals surface area contributed by atoms with Crippen LogP contribution in [0.3, 0.4) is 0 Å². The fourth-order valence-electron chi connectivity index (χ4n) is 1.70. The van der Waals surface area contributed by atoms with Crippen molar-refractivity contribution in [3.63, 3.8) is 0 Å². The first-order chi connectivity index (χ1) is 7.60. The Bertz CT molecular complexity index is 339. The van der Waals surface area contributed by atoms with E-state index in [1.165, 1.54) is 0 Å². The van der Waals surface area contributed by atoms with Gasteiger partial charge in [-0.25, -0.2) is 4.39 Å². The number of anilines is 1. The van der Waals surface area contributed by atoms with Crippen molar-refractivity contribution in [2.45, 2.75) is 26.8 Å². The molecule has 0 fully saturated rings. The summed E-state index contributed by atoms with van der Waals surface area (Å²) in [6.07, 6.45) is 0. The van der Waals surface area contributed by atoms with Gasteiger partial charge < -0.3 is 10.2 Å². The topological polar surface area (TPSA) is 15.3 Å². The smallest absolute Gasteiger partial charge is 0.146 e. The summed E-state index contributed by atoms with van der Waals surface area (Å²) in [5.74, 6) is -0.147. The maximum absolute atomic E-state index is 13.8. The Morgan fingerprint density at radius 1 is 1.38 bits per heavy atom. The molecule has 0 saturated carbocycles. The van der Waals surface area contributed by atoms with Crippen molar-refractivity contribution in [3.05, 3.63) is 29.6 Å². The predicted octanol–water partition coefficient (Wildman–Crippen LogP) is 2.95. The van der Waals surface area contributed by atoms with Gasteiger partial charge in [0.1, 0.15) is 5.82 Å². The summed E-state index contributed by atoms with van der Waals surface area (Å²) in [6.45, 7) is 7.79. The molecule has 0 spiro atoms. The fourth-order valence-corrected chi connectivity index (χ4v) is 1.70. The van der Waals surface area contributed by atoms with E-state index >= 15 is 0 Å². The average molecular weight is 224 g/mol. The van der Waals surface area contributed by atoms with Crippen molar-refractivity contribution < 1.29 is 4.39 Å². The first kappa shape index (κ1) is 13.0. The van der Waals surface area contributed by atoms with Crippen LogP contribution in [0.25, 0.3) is 0 Å². The zero-order valence-electron chi connectivity index (χ0n) is 10.5. The first-order valence-corrected chi connectivity index (χ1v) is 5.84. The minimum Gasteiger partial charge on any atom is -0.373 e. The number of halogens is 1. The summed E-state index contributed by atoms with van der Waals surface area (Å²) in [6, 6.07) is 5.65. The highest BCUT2D eigenvalue weighted by Crippen LogP contribution is 2.22. The molecule has 0 saturated heterocycles. The van der Waals surface area contributed by atoms with Gasteiger partial charge in [-0.15, -0.1) is 0 Å². The lowest BCUT2D eigenvalue weighted by atomic mass is 10.1. The molecule has 1 atom stereocenters. The quantitative estimate of drug-likeness (QED) is 0.827. The van der Waals surface area contributed by atoms with Gasteiger partial charge in [-0.1, -0.05) is 13.0 Å². The Morgan fingerprint density at radius 3 is 2.56 bits per heavy atom. The number of rotatable bonds is 5. The van der Waals surface area contributed by atoms with Gasteiger partial charge in [0.2, 0.25) is 0 Å². The van der Waals surface area contributed by atoms with Gasteiger partial charge in [0.15, 0.2) is 0 Å². The lowest BCUT2D eigenvalue weighted by Gasteiger charge is -2.19. The Kier molecular flexibility index (Phi) is 4.74. The minimum absolute atomic E-state index is 0.147. The molecule has 0 bridgehead atoms. The molecule has 0 radical (unpaired) electrons. The molecule has 1 aromatic rings. The van der Waals surface area contributed by atoms with Crippen LogP contribution in [0.4, 0.5) is 10.1 Å². The Hall–Kier alpha value is -1.09. The minimum atomic E-state index is -0.147. The zero-order valence-corrected chi connectivity index (χ0v) is 10.5. The maximum atomic E-state index is 13.8. The number of nitrogens with zero attached hydrogens (tertiary/aromatic N) is 1. The molecule has 16 heavy (non-hydrogen) atoms. The van der Waals surface area contributed by atoms with Crippen molar-refractivity contribution in [1.82, 2.24) is 5.32 Å². The monoisotopic (exact) mass is 224 g/mol. The maximum Gasteiger partial charge on any atom is 0.146 e. The second-order valence-electron chi connectivity index (χ2n) is 4.00. The van der Waals surface area contributed by atoms with Crippen molar-refractivity contribution in [2.75, 3.05) is 25.0 Å². The van der Waals surface area contributed by atoms with Crippen LogP contribution in [0, 0.1) is 5.82 Å². The SMILES string of the molecule is CCNC(C)c1ccc(N(C)CC)c(F)c1. The lowest BCUT2D eigenvalue weighted by Crippen LogP contribution is -2.20. The van der Waals surface area contributed by atoms with E-state index in [1.54, 1.807) is 6.07 Å². The molecular weight excluding hydrogens is 203 g/mol. The molecule has 3 heteroatoms. The summed E-state index contributed by atoms with van der Waals surface area (Å²) in [4.78, 5) is 1.90. The van der Waals surface area contributed by atoms with E-state index in [9.17, 15) is 4.39 Å². The summed E-state index contributed by atoms with van der Waals surface area (Å²) in [5, 5.41) is 3.27. The van der Waals surface area contributed by atoms with Gasteiger partial charge in [0.05, 0.1) is 5.69 Å². The number of benzene rings is 1. The highest BCUT2D eigenvalue weighted by Gasteiger charge is 2.10. The largest absolute Gasteiger partial charge is 0.373 e. The van der Waals surface area contributed by atoms with Crippen LogP contribution in [0.2, 0.25) is 0 Å². The van der Waals surface area contributed by atoms with Crippen molar-refractivity contribution >= 4 is 5.69 Å². The molecule has 90 valence electrons. The van der Waals surface area contributed by atoms with Crippen molar-refractivity contribution in [1.29, 1.82) is 0 Å². The van der Waals surface area contributed by atoms with Crippen LogP contribution in [0.5, 0.6) is 0 Å². The van der Waals surface area contributed by atoms with E-state index in [-0.39, 0.29) is 11.9 Å². The first-order valence-electron chi connectivity index (χ1n) is 5.84. The van der Waals surface area contributed by atoms with Crippen LogP contribution in [0.1, 0.15) is 32.4 Å². The summed E-state index contributed by atoms with van der Waals surface area (Å²) < 4.78 is 13.8. The molecule has 1 rings (SSSR count). The second kappa shape index (κ2) is 5.85. The van der Waals surface area contributed by atoms with Gasteiger partial charge >= 0.3 is 0 Å². The molecular formula is C13H21FN2. The van der Waals surface area contributed by atoms with Crippen LogP contribution >= 0.6 is 0 Å². The summed E-state index contributed by atoms with van der Waals surface area (Å²) in [5.41, 5.74) is 1.66. The standard InChI is InChI=1S/C13H21FN2/c1-5-15-10(3)11-7-8-13(12(14)9-11)16(4)6-2/h7-10,15H,5-6H2,1-4H3. The molecule has 0 aliphatic heterocycles. The van der Waals surface area contributed by atoms with E-state index in [2.05, 4.69) is 5.32 Å². The molecule has 1 N–H and O–H groups in total. The summed E-state index contributed by atoms with van der Waals surface area (Å²) >= 11 is 0. The van der Waals surface area contributed by atoms with Gasteiger partial charge in [-0.3, -0.25) is 0 Å². The van der Waals surface area contributed by atoms with Crippen molar-refractivity contribution in [3.8, 4) is 0 Å². The molecule has 0 aliphatic carbocycles. The highest BCUT2D eigenvalue weighted by atomic mass is 19.1. The van der Waals surface area contributed by atoms with E-state index in [0.717, 1.165) is 18.7 Å². The van der Waals surface area contributed by atoms with Crippen LogP contribution in [-0.2, 0) is 0 Å². The molecule has 2 nitrogen and oxygen atoms in total. The third kappa shape index (κ3) is 2.95. The summed E-state index contributed by atoms with van der Waals surface area (Å²) in [7, 11) is 1.89. The van der Waals surface area contributed by atoms with Gasteiger partial charge in [-0.05, 0) is 38.1 Å². The molecule has 0 aromatic heterocycles. The lowest BCUT2D eigenvalue weighted by molar-refractivity contribution is 0.582. The van der Waals surface area contributed by atoms with E-state index < -0.39 is 0 Å². The van der Waals surface area contributed by atoms with E-state index in [4.69, 9.17) is 0 Å². The highest BCUT2D eigenvalue weighted by molar-refractivity contribution is 5.48. The Morgan fingerprint density at radius 2 is 2.06 bits per heavy atom. The molecule has 1 unspecified atom stereocenters. The number of hydrogen-bond donors (Lipinski definition) is 1. The molecule has 0 aliphatic rings. The molecule has 0 heterocycles. The third-order valence-corrected chi connectivity index (χ3v) is 2.87. The normalized spacial score (nSPS) is 12.6. The third-order valence-electron chi connectivity index (χ3n) is 2.87. The number of hydrogen-bond acceptors (Lipinski definition) is 2. The molecule has 0 amide bonds. The van der Waals surface area contributed by atoms with Crippen LogP contribution < -0.4 is 10.2 Å². The zero-order chi connectivity index (χ0) is 12.1. The number of nitrogens with one attached hydrogen (secondary N) is 1. The van der Waals surface area contributed by atoms with Gasteiger partial charge in [0.25, 0.3) is 0 Å². The average Bonchev–Trinajstić information content (AvgIpc) is 2.28. The van der Waals surface area contributed by atoms with E-state index in [0.29, 0.717) is 5.69 Å². The van der Waals surface area contributed by atoms with Crippen LogP contribution in [-0.4, -0.2) is 20.1 Å². The van der Waals surface area contributed by atoms with Crippen molar-refractivity contribution in [2.24, 2.45) is 0 Å². The second-order valence-corrected chi connectivity index (χ2v) is 4.00.